The van der Waals surface area contributed by atoms with Gasteiger partial charge in [-0.05, 0) is 94.1 Å². The Labute approximate surface area is 202 Å². The van der Waals surface area contributed by atoms with E-state index in [-0.39, 0.29) is 30.0 Å². The molecule has 4 rings (SSSR count). The Kier molecular flexibility index (Phi) is 6.66. The van der Waals surface area contributed by atoms with Crippen LogP contribution < -0.4 is 0 Å². The second-order valence-electron chi connectivity index (χ2n) is 12.9. The fraction of sp³-hybridized carbons (Fsp3) is 0.889. The summed E-state index contributed by atoms with van der Waals surface area (Å²) in [6.45, 7) is 7.55. The van der Waals surface area contributed by atoms with Crippen LogP contribution in [0.3, 0.4) is 0 Å². The summed E-state index contributed by atoms with van der Waals surface area (Å²) < 4.78 is 0. The highest BCUT2D eigenvalue weighted by Crippen LogP contribution is 2.68. The SMILES string of the molecule is CC(C)(O)CCCC(C(O)O)[C@H]1CC[C@@]2(O)C3=CC(=O)[C@@H]4C[C@@H](O)[C@@H](O)C[C@]4(C)C3CC[C@]12C. The van der Waals surface area contributed by atoms with Crippen molar-refractivity contribution in [2.75, 3.05) is 0 Å². The normalized spacial score (nSPS) is 45.4. The van der Waals surface area contributed by atoms with Gasteiger partial charge in [-0.3, -0.25) is 4.79 Å². The van der Waals surface area contributed by atoms with Crippen LogP contribution in [-0.4, -0.2) is 66.1 Å². The number of aliphatic hydroxyl groups is 6. The van der Waals surface area contributed by atoms with Gasteiger partial charge in [0.1, 0.15) is 0 Å². The van der Waals surface area contributed by atoms with Crippen LogP contribution in [0.15, 0.2) is 11.6 Å². The lowest BCUT2D eigenvalue weighted by atomic mass is 9.46. The third kappa shape index (κ3) is 4.00. The zero-order valence-corrected chi connectivity index (χ0v) is 21.1. The van der Waals surface area contributed by atoms with Gasteiger partial charge in [0.25, 0.3) is 0 Å². The van der Waals surface area contributed by atoms with Crippen molar-refractivity contribution in [3.63, 3.8) is 0 Å². The quantitative estimate of drug-likeness (QED) is 0.320. The van der Waals surface area contributed by atoms with E-state index in [1.165, 1.54) is 0 Å². The molecule has 0 aliphatic heterocycles. The first kappa shape index (κ1) is 26.2. The number of carbonyl (C=O) groups excluding carboxylic acids is 1. The highest BCUT2D eigenvalue weighted by molar-refractivity contribution is 5.95. The number of fused-ring (bicyclic) bond motifs is 5. The average Bonchev–Trinajstić information content (AvgIpc) is 2.98. The maximum Gasteiger partial charge on any atom is 0.159 e. The molecule has 3 fully saturated rings. The van der Waals surface area contributed by atoms with Crippen molar-refractivity contribution >= 4 is 5.78 Å². The standard InChI is InChI=1S/C27H44O7/c1-24(2,33)9-5-6-15(23(31)32)16-8-11-27(34)18-12-20(28)19-13-21(29)22(30)14-25(19,3)17(18)7-10-26(16,27)4/h12,15-17,19,21-23,29-34H,5-11,13-14H2,1-4H3/t15?,16-,17?,19+,21-,22+,25-,26-,27-/m1/s1. The van der Waals surface area contributed by atoms with Crippen LogP contribution in [0, 0.1) is 34.5 Å². The van der Waals surface area contributed by atoms with Crippen molar-refractivity contribution in [1.29, 1.82) is 0 Å². The lowest BCUT2D eigenvalue weighted by Gasteiger charge is -2.60. The van der Waals surface area contributed by atoms with Gasteiger partial charge in [-0.25, -0.2) is 0 Å². The van der Waals surface area contributed by atoms with Gasteiger partial charge >= 0.3 is 0 Å². The summed E-state index contributed by atoms with van der Waals surface area (Å²) in [6, 6.07) is 0. The number of ketones is 1. The molecule has 0 saturated heterocycles. The number of hydrogen-bond donors (Lipinski definition) is 6. The Morgan fingerprint density at radius 2 is 1.76 bits per heavy atom. The predicted octanol–water partition coefficient (Wildman–Crippen LogP) is 2.06. The van der Waals surface area contributed by atoms with E-state index in [0.29, 0.717) is 44.9 Å². The van der Waals surface area contributed by atoms with Crippen molar-refractivity contribution in [3.8, 4) is 0 Å². The number of hydrogen-bond acceptors (Lipinski definition) is 7. The maximum atomic E-state index is 13.3. The van der Waals surface area contributed by atoms with Crippen molar-refractivity contribution in [2.45, 2.75) is 115 Å². The second-order valence-corrected chi connectivity index (χ2v) is 12.9. The van der Waals surface area contributed by atoms with Crippen molar-refractivity contribution in [2.24, 2.45) is 34.5 Å². The minimum absolute atomic E-state index is 0.0538. The molecule has 7 heteroatoms. The van der Waals surface area contributed by atoms with E-state index in [0.717, 1.165) is 12.0 Å². The molecule has 0 aromatic rings. The van der Waals surface area contributed by atoms with Crippen LogP contribution in [0.25, 0.3) is 0 Å². The number of carbonyl (C=O) groups is 1. The first-order valence-corrected chi connectivity index (χ1v) is 13.1. The minimum Gasteiger partial charge on any atom is -0.390 e. The molecular weight excluding hydrogens is 436 g/mol. The van der Waals surface area contributed by atoms with Gasteiger partial charge in [0.05, 0.1) is 23.4 Å². The van der Waals surface area contributed by atoms with E-state index in [2.05, 4.69) is 0 Å². The molecule has 0 aromatic heterocycles. The van der Waals surface area contributed by atoms with Crippen molar-refractivity contribution in [3.05, 3.63) is 11.6 Å². The fourth-order valence-corrected chi connectivity index (χ4v) is 8.43. The van der Waals surface area contributed by atoms with Gasteiger partial charge in [0.2, 0.25) is 0 Å². The molecule has 34 heavy (non-hydrogen) atoms. The summed E-state index contributed by atoms with van der Waals surface area (Å²) in [4.78, 5) is 13.3. The van der Waals surface area contributed by atoms with Gasteiger partial charge in [-0.2, -0.15) is 0 Å². The summed E-state index contributed by atoms with van der Waals surface area (Å²) in [6.07, 6.45) is 3.21. The molecule has 2 unspecified atom stereocenters. The third-order valence-electron chi connectivity index (χ3n) is 10.4. The Morgan fingerprint density at radius 1 is 1.09 bits per heavy atom. The number of allylic oxidation sites excluding steroid dienone is 1. The fourth-order valence-electron chi connectivity index (χ4n) is 8.43. The Bertz CT molecular complexity index is 831. The molecule has 0 amide bonds. The number of aliphatic hydroxyl groups excluding tert-OH is 3. The molecule has 0 radical (unpaired) electrons. The molecular formula is C27H44O7. The molecule has 0 bridgehead atoms. The second kappa shape index (κ2) is 8.63. The van der Waals surface area contributed by atoms with Crippen LogP contribution in [0.1, 0.15) is 85.5 Å². The van der Waals surface area contributed by atoms with Gasteiger partial charge in [-0.15, -0.1) is 0 Å². The van der Waals surface area contributed by atoms with E-state index >= 15 is 0 Å². The first-order valence-electron chi connectivity index (χ1n) is 13.1. The van der Waals surface area contributed by atoms with Crippen molar-refractivity contribution < 1.29 is 35.4 Å². The average molecular weight is 481 g/mol. The highest BCUT2D eigenvalue weighted by Gasteiger charge is 2.67. The molecule has 6 N–H and O–H groups in total. The molecule has 0 spiro atoms. The van der Waals surface area contributed by atoms with Gasteiger partial charge < -0.3 is 30.6 Å². The molecule has 3 saturated carbocycles. The monoisotopic (exact) mass is 480 g/mol. The summed E-state index contributed by atoms with van der Waals surface area (Å²) in [5, 5.41) is 63.6. The van der Waals surface area contributed by atoms with Crippen LogP contribution in [0.4, 0.5) is 0 Å². The largest absolute Gasteiger partial charge is 0.390 e. The summed E-state index contributed by atoms with van der Waals surface area (Å²) in [5.74, 6) is -1.04. The molecule has 0 aromatic carbocycles. The molecule has 194 valence electrons. The maximum absolute atomic E-state index is 13.3. The summed E-state index contributed by atoms with van der Waals surface area (Å²) in [7, 11) is 0. The summed E-state index contributed by atoms with van der Waals surface area (Å²) >= 11 is 0. The highest BCUT2D eigenvalue weighted by atomic mass is 16.5. The molecule has 4 aliphatic rings. The number of rotatable bonds is 6. The smallest absolute Gasteiger partial charge is 0.159 e. The Morgan fingerprint density at radius 3 is 2.38 bits per heavy atom. The van der Waals surface area contributed by atoms with E-state index in [1.807, 2.05) is 13.8 Å². The Balaban J connectivity index is 1.64. The van der Waals surface area contributed by atoms with Crippen LogP contribution in [0.2, 0.25) is 0 Å². The van der Waals surface area contributed by atoms with Gasteiger partial charge in [-0.1, -0.05) is 20.3 Å². The van der Waals surface area contributed by atoms with E-state index in [9.17, 15) is 35.4 Å². The molecule has 4 aliphatic carbocycles. The van der Waals surface area contributed by atoms with Gasteiger partial charge in [0, 0.05) is 17.3 Å². The zero-order chi connectivity index (χ0) is 25.3. The first-order chi connectivity index (χ1) is 15.6. The van der Waals surface area contributed by atoms with E-state index in [4.69, 9.17) is 0 Å². The lowest BCUT2D eigenvalue weighted by molar-refractivity contribution is -0.163. The third-order valence-corrected chi connectivity index (χ3v) is 10.4. The van der Waals surface area contributed by atoms with Crippen molar-refractivity contribution in [1.82, 2.24) is 0 Å². The van der Waals surface area contributed by atoms with Crippen LogP contribution in [-0.2, 0) is 4.79 Å². The molecule has 7 nitrogen and oxygen atoms in total. The molecule has 9 atom stereocenters. The van der Waals surface area contributed by atoms with Crippen LogP contribution in [0.5, 0.6) is 0 Å². The zero-order valence-electron chi connectivity index (χ0n) is 21.1. The lowest BCUT2D eigenvalue weighted by Crippen LogP contribution is -2.61. The topological polar surface area (TPSA) is 138 Å². The van der Waals surface area contributed by atoms with E-state index < -0.39 is 46.4 Å². The Hall–Kier alpha value is -0.830. The van der Waals surface area contributed by atoms with Gasteiger partial charge in [0.15, 0.2) is 12.1 Å². The molecule has 0 heterocycles. The minimum atomic E-state index is -1.51. The van der Waals surface area contributed by atoms with E-state index in [1.54, 1.807) is 19.9 Å². The predicted molar refractivity (Wildman–Crippen MR) is 126 cm³/mol. The summed E-state index contributed by atoms with van der Waals surface area (Å²) in [5.41, 5.74) is -2.40. The van der Waals surface area contributed by atoms with Crippen LogP contribution >= 0.6 is 0 Å².